The lowest BCUT2D eigenvalue weighted by atomic mass is 10.1. The Morgan fingerprint density at radius 3 is 1.49 bits per heavy atom. The van der Waals surface area contributed by atoms with E-state index in [1.165, 1.54) is 109 Å². The Bertz CT molecular complexity index is 1050. The highest BCUT2D eigenvalue weighted by molar-refractivity contribution is 7.45. The van der Waals surface area contributed by atoms with Crippen molar-refractivity contribution in [3.63, 3.8) is 0 Å². The molecule has 0 rings (SSSR count). The summed E-state index contributed by atoms with van der Waals surface area (Å²) in [5.74, 6) is -0.343. The van der Waals surface area contributed by atoms with Crippen LogP contribution in [0.15, 0.2) is 48.6 Å². The molecule has 0 bridgehead atoms. The third kappa shape index (κ3) is 45.4. The van der Waals surface area contributed by atoms with Crippen LogP contribution in [-0.2, 0) is 27.9 Å². The summed E-state index contributed by atoms with van der Waals surface area (Å²) in [5.41, 5.74) is 0. The zero-order valence-corrected chi connectivity index (χ0v) is 38.7. The Labute approximate surface area is 352 Å². The van der Waals surface area contributed by atoms with Gasteiger partial charge >= 0.3 is 5.97 Å². The second kappa shape index (κ2) is 41.2. The van der Waals surface area contributed by atoms with Crippen LogP contribution in [0.3, 0.4) is 0 Å². The molecule has 0 fully saturated rings. The van der Waals surface area contributed by atoms with Gasteiger partial charge < -0.3 is 27.9 Å². The summed E-state index contributed by atoms with van der Waals surface area (Å²) in [5, 5.41) is 0. The molecule has 0 saturated heterocycles. The van der Waals surface area contributed by atoms with Gasteiger partial charge in [-0.1, -0.05) is 165 Å². The van der Waals surface area contributed by atoms with Gasteiger partial charge in [-0.3, -0.25) is 9.36 Å². The van der Waals surface area contributed by atoms with Gasteiger partial charge in [0.25, 0.3) is 7.82 Å². The van der Waals surface area contributed by atoms with Crippen molar-refractivity contribution in [1.82, 2.24) is 0 Å². The minimum absolute atomic E-state index is 0.0217. The molecular weight excluding hydrogens is 734 g/mol. The molecule has 0 spiro atoms. The molecule has 0 aliphatic rings. The van der Waals surface area contributed by atoms with Crippen LogP contribution in [-0.4, -0.2) is 70.7 Å². The Hall–Kier alpha value is -1.54. The van der Waals surface area contributed by atoms with Crippen molar-refractivity contribution < 1.29 is 37.3 Å². The van der Waals surface area contributed by atoms with E-state index in [4.69, 9.17) is 18.5 Å². The summed E-state index contributed by atoms with van der Waals surface area (Å²) < 4.78 is 34.6. The lowest BCUT2D eigenvalue weighted by Gasteiger charge is -2.28. The molecule has 0 N–H and O–H groups in total. The van der Waals surface area contributed by atoms with Gasteiger partial charge in [-0.25, -0.2) is 0 Å². The molecule has 0 heterocycles. The van der Waals surface area contributed by atoms with E-state index in [9.17, 15) is 14.3 Å². The minimum atomic E-state index is -4.53. The SMILES string of the molecule is CCC/C=C\C/C=C\CCCCCCCCOCC(COP(=O)([O-])OCC[N+](C)(C)C)OC(=O)CCCCCCCCCCC/C=C\C/C=C\CCCCCCC. The fourth-order valence-corrected chi connectivity index (χ4v) is 6.93. The lowest BCUT2D eigenvalue weighted by Crippen LogP contribution is -2.37. The summed E-state index contributed by atoms with van der Waals surface area (Å²) in [6, 6.07) is 0. The zero-order valence-electron chi connectivity index (χ0n) is 37.8. The summed E-state index contributed by atoms with van der Waals surface area (Å²) >= 11 is 0. The van der Waals surface area contributed by atoms with Crippen LogP contribution in [0.5, 0.6) is 0 Å². The first-order chi connectivity index (χ1) is 27.6. The van der Waals surface area contributed by atoms with E-state index in [2.05, 4.69) is 62.5 Å². The molecule has 0 aromatic rings. The molecule has 0 aromatic heterocycles. The number of unbranched alkanes of at least 4 members (excludes halogenated alkanes) is 21. The molecule has 0 amide bonds. The summed E-state index contributed by atoms with van der Waals surface area (Å²) in [7, 11) is 1.34. The number of allylic oxidation sites excluding steroid dienone is 8. The third-order valence-corrected chi connectivity index (χ3v) is 10.8. The number of nitrogens with zero attached hydrogens (tertiary/aromatic N) is 1. The van der Waals surface area contributed by atoms with Crippen molar-refractivity contribution >= 4 is 13.8 Å². The first-order valence-corrected chi connectivity index (χ1v) is 24.8. The number of quaternary nitrogens is 1. The highest BCUT2D eigenvalue weighted by atomic mass is 31.2. The van der Waals surface area contributed by atoms with E-state index < -0.39 is 13.9 Å². The maximum atomic E-state index is 12.7. The summed E-state index contributed by atoms with van der Waals surface area (Å²) in [6.45, 7) is 5.31. The van der Waals surface area contributed by atoms with Crippen molar-refractivity contribution in [2.24, 2.45) is 0 Å². The standard InChI is InChI=1S/C48H90NO7P/c1-6-8-10-12-14-16-18-20-22-23-24-25-26-27-28-29-31-33-35-37-39-41-48(50)56-47(46-55-57(51,52)54-44-42-49(3,4)5)45-53-43-40-38-36-34-32-30-21-19-17-15-13-11-9-7-2/h11,13,17-20,23-24,47H,6-10,12,14-16,21-22,25-46H2,1-5H3/b13-11-,19-17-,20-18-,24-23-. The summed E-state index contributed by atoms with van der Waals surface area (Å²) in [4.78, 5) is 25.1. The number of phosphoric ester groups is 1. The molecule has 334 valence electrons. The van der Waals surface area contributed by atoms with Crippen LogP contribution in [0.2, 0.25) is 0 Å². The van der Waals surface area contributed by atoms with Gasteiger partial charge in [-0.2, -0.15) is 0 Å². The van der Waals surface area contributed by atoms with Crippen molar-refractivity contribution in [3.8, 4) is 0 Å². The average molecular weight is 824 g/mol. The molecule has 57 heavy (non-hydrogen) atoms. The van der Waals surface area contributed by atoms with Crippen LogP contribution in [0.1, 0.15) is 194 Å². The van der Waals surface area contributed by atoms with Gasteiger partial charge in [0, 0.05) is 13.0 Å². The van der Waals surface area contributed by atoms with Crippen LogP contribution in [0.4, 0.5) is 0 Å². The lowest BCUT2D eigenvalue weighted by molar-refractivity contribution is -0.870. The minimum Gasteiger partial charge on any atom is -0.756 e. The monoisotopic (exact) mass is 824 g/mol. The molecule has 0 saturated carbocycles. The van der Waals surface area contributed by atoms with E-state index in [1.807, 2.05) is 21.1 Å². The Balaban J connectivity index is 4.19. The van der Waals surface area contributed by atoms with E-state index in [0.717, 1.165) is 64.2 Å². The number of likely N-dealkylation sites (N-methyl/N-ethyl adjacent to an activating group) is 1. The Morgan fingerprint density at radius 2 is 1.00 bits per heavy atom. The largest absolute Gasteiger partial charge is 0.756 e. The number of phosphoric acid groups is 1. The molecule has 0 aromatic carbocycles. The fraction of sp³-hybridized carbons (Fsp3) is 0.812. The quantitative estimate of drug-likeness (QED) is 0.0199. The van der Waals surface area contributed by atoms with E-state index >= 15 is 0 Å². The topological polar surface area (TPSA) is 94.1 Å². The maximum Gasteiger partial charge on any atom is 0.306 e. The molecule has 0 radical (unpaired) electrons. The fourth-order valence-electron chi connectivity index (χ4n) is 6.20. The number of carbonyl (C=O) groups is 1. The molecule has 2 unspecified atom stereocenters. The van der Waals surface area contributed by atoms with E-state index in [1.54, 1.807) is 0 Å². The Kier molecular flexibility index (Phi) is 40.1. The third-order valence-electron chi connectivity index (χ3n) is 9.83. The van der Waals surface area contributed by atoms with Gasteiger partial charge in [-0.05, 0) is 70.6 Å². The van der Waals surface area contributed by atoms with Crippen LogP contribution in [0.25, 0.3) is 0 Å². The molecule has 0 aliphatic heterocycles. The van der Waals surface area contributed by atoms with Crippen LogP contribution >= 0.6 is 7.82 Å². The predicted octanol–water partition coefficient (Wildman–Crippen LogP) is 13.3. The van der Waals surface area contributed by atoms with Crippen molar-refractivity contribution in [1.29, 1.82) is 0 Å². The first-order valence-electron chi connectivity index (χ1n) is 23.4. The first kappa shape index (κ1) is 55.5. The molecular formula is C48H90NO7P. The molecule has 8 nitrogen and oxygen atoms in total. The zero-order chi connectivity index (χ0) is 42.0. The van der Waals surface area contributed by atoms with Crippen LogP contribution < -0.4 is 4.89 Å². The van der Waals surface area contributed by atoms with Crippen molar-refractivity contribution in [2.45, 2.75) is 200 Å². The second-order valence-corrected chi connectivity index (χ2v) is 18.2. The highest BCUT2D eigenvalue weighted by Crippen LogP contribution is 2.38. The number of carbonyl (C=O) groups excluding carboxylic acids is 1. The van der Waals surface area contributed by atoms with E-state index in [0.29, 0.717) is 24.1 Å². The van der Waals surface area contributed by atoms with Gasteiger partial charge in [-0.15, -0.1) is 0 Å². The molecule has 9 heteroatoms. The highest BCUT2D eigenvalue weighted by Gasteiger charge is 2.20. The normalized spacial score (nSPS) is 14.1. The van der Waals surface area contributed by atoms with Crippen LogP contribution in [0, 0.1) is 0 Å². The number of rotatable bonds is 43. The van der Waals surface area contributed by atoms with E-state index in [-0.39, 0.29) is 25.8 Å². The Morgan fingerprint density at radius 1 is 0.544 bits per heavy atom. The second-order valence-electron chi connectivity index (χ2n) is 16.8. The smallest absolute Gasteiger partial charge is 0.306 e. The van der Waals surface area contributed by atoms with Crippen molar-refractivity contribution in [3.05, 3.63) is 48.6 Å². The number of hydrogen-bond donors (Lipinski definition) is 0. The van der Waals surface area contributed by atoms with Crippen molar-refractivity contribution in [2.75, 3.05) is 54.1 Å². The average Bonchev–Trinajstić information content (AvgIpc) is 3.16. The predicted molar refractivity (Wildman–Crippen MR) is 240 cm³/mol. The molecule has 0 aliphatic carbocycles. The number of ether oxygens (including phenoxy) is 2. The summed E-state index contributed by atoms with van der Waals surface area (Å²) in [6.07, 6.45) is 49.8. The molecule has 2 atom stereocenters. The number of esters is 1. The van der Waals surface area contributed by atoms with Gasteiger partial charge in [0.15, 0.2) is 0 Å². The maximum absolute atomic E-state index is 12.7. The van der Waals surface area contributed by atoms with Gasteiger partial charge in [0.2, 0.25) is 0 Å². The van der Waals surface area contributed by atoms with Gasteiger partial charge in [0.05, 0.1) is 34.4 Å². The van der Waals surface area contributed by atoms with Gasteiger partial charge in [0.1, 0.15) is 19.3 Å². The number of hydrogen-bond acceptors (Lipinski definition) is 7.